The summed E-state index contributed by atoms with van der Waals surface area (Å²) in [4.78, 5) is 39.0. The Bertz CT molecular complexity index is 1780. The summed E-state index contributed by atoms with van der Waals surface area (Å²) in [5.74, 6) is 0.831. The maximum Gasteiger partial charge on any atom is 0.423 e. The van der Waals surface area contributed by atoms with Crippen molar-refractivity contribution in [2.45, 2.75) is 18.8 Å². The van der Waals surface area contributed by atoms with Gasteiger partial charge in [0, 0.05) is 38.3 Å². The van der Waals surface area contributed by atoms with E-state index in [1.807, 2.05) is 28.2 Å². The van der Waals surface area contributed by atoms with E-state index in [1.54, 1.807) is 41.3 Å². The molecule has 1 fully saturated rings. The second-order valence-corrected chi connectivity index (χ2v) is 10.3. The minimum atomic E-state index is -4.89. The Morgan fingerprint density at radius 2 is 1.84 bits per heavy atom. The molecule has 0 aliphatic carbocycles. The number of amides is 1. The normalized spacial score (nSPS) is 16.4. The number of anilines is 2. The molecule has 2 aliphatic heterocycles. The smallest absolute Gasteiger partial charge is 0.423 e. The molecule has 2 aliphatic rings. The molecule has 224 valence electrons. The number of fused-ring (bicyclic) bond motifs is 1. The summed E-state index contributed by atoms with van der Waals surface area (Å²) in [5, 5.41) is 14.4. The first-order valence-corrected chi connectivity index (χ1v) is 13.7. The molecule has 1 atom stereocenters. The summed E-state index contributed by atoms with van der Waals surface area (Å²) in [7, 11) is 0. The van der Waals surface area contributed by atoms with E-state index in [1.165, 1.54) is 17.3 Å². The molecule has 44 heavy (non-hydrogen) atoms. The number of aromatic amines is 1. The van der Waals surface area contributed by atoms with Gasteiger partial charge in [0.1, 0.15) is 29.8 Å². The first-order valence-electron chi connectivity index (χ1n) is 13.7. The molecule has 1 amide bonds. The van der Waals surface area contributed by atoms with Crippen molar-refractivity contribution < 1.29 is 22.7 Å². The van der Waals surface area contributed by atoms with Crippen LogP contribution in [0.15, 0.2) is 71.9 Å². The number of nitrogens with one attached hydrogen (secondary N) is 1. The van der Waals surface area contributed by atoms with Crippen LogP contribution in [0.3, 0.4) is 0 Å². The molecule has 0 unspecified atom stereocenters. The molecule has 14 heteroatoms. The van der Waals surface area contributed by atoms with Gasteiger partial charge in [-0.3, -0.25) is 9.59 Å². The van der Waals surface area contributed by atoms with E-state index >= 15 is 0 Å². The summed E-state index contributed by atoms with van der Waals surface area (Å²) in [6, 6.07) is 15.2. The molecular weight excluding hydrogens is 577 g/mol. The van der Waals surface area contributed by atoms with Gasteiger partial charge in [0.05, 0.1) is 30.3 Å². The van der Waals surface area contributed by atoms with Crippen molar-refractivity contribution in [2.75, 3.05) is 42.6 Å². The molecule has 0 spiro atoms. The number of halogens is 3. The second kappa shape index (κ2) is 11.7. The van der Waals surface area contributed by atoms with Crippen LogP contribution in [-0.2, 0) is 12.7 Å². The number of hydrogen-bond acceptors (Lipinski definition) is 9. The number of carbonyl (C=O) groups is 1. The zero-order chi connectivity index (χ0) is 30.8. The number of H-pyrrole nitrogens is 1. The Labute approximate surface area is 249 Å². The summed E-state index contributed by atoms with van der Waals surface area (Å²) in [6.45, 7) is 2.07. The topological polar surface area (TPSA) is 131 Å². The van der Waals surface area contributed by atoms with Gasteiger partial charge in [-0.05, 0) is 29.3 Å². The Kier molecular flexibility index (Phi) is 7.60. The number of alkyl halides is 3. The van der Waals surface area contributed by atoms with Gasteiger partial charge in [0.2, 0.25) is 0 Å². The Morgan fingerprint density at radius 3 is 2.57 bits per heavy atom. The molecular formula is C30H25F3N8O3. The number of benzene rings is 2. The van der Waals surface area contributed by atoms with Crippen molar-refractivity contribution >= 4 is 17.4 Å². The number of hydrogen-bond donors (Lipinski definition) is 1. The SMILES string of the molecule is N#Cc1cnc(N2CCN(C(=O)c3cccc(OC[C@H]4c5ccccc5CN4c4cn[nH]c(=O)c4C(F)(F)F)c3)CC2)cn1. The van der Waals surface area contributed by atoms with Crippen LogP contribution in [-0.4, -0.2) is 63.8 Å². The maximum atomic E-state index is 13.9. The zero-order valence-electron chi connectivity index (χ0n) is 23.2. The molecule has 2 aromatic heterocycles. The quantitative estimate of drug-likeness (QED) is 0.352. The third kappa shape index (κ3) is 5.63. The van der Waals surface area contributed by atoms with Crippen molar-refractivity contribution in [3.63, 3.8) is 0 Å². The number of rotatable bonds is 6. The van der Waals surface area contributed by atoms with Gasteiger partial charge in [-0.2, -0.15) is 23.5 Å². The summed E-state index contributed by atoms with van der Waals surface area (Å²) >= 11 is 0. The van der Waals surface area contributed by atoms with Gasteiger partial charge in [-0.1, -0.05) is 30.3 Å². The van der Waals surface area contributed by atoms with E-state index in [0.29, 0.717) is 43.3 Å². The lowest BCUT2D eigenvalue weighted by Crippen LogP contribution is -2.49. The molecule has 0 bridgehead atoms. The van der Waals surface area contributed by atoms with E-state index in [0.717, 1.165) is 17.3 Å². The minimum Gasteiger partial charge on any atom is -0.491 e. The largest absolute Gasteiger partial charge is 0.491 e. The van der Waals surface area contributed by atoms with Crippen LogP contribution in [0, 0.1) is 11.3 Å². The van der Waals surface area contributed by atoms with Crippen molar-refractivity contribution in [2.24, 2.45) is 0 Å². The number of nitrogens with zero attached hydrogens (tertiary/aromatic N) is 7. The number of aromatic nitrogens is 4. The lowest BCUT2D eigenvalue weighted by atomic mass is 10.1. The van der Waals surface area contributed by atoms with E-state index in [4.69, 9.17) is 10.00 Å². The number of nitriles is 1. The van der Waals surface area contributed by atoms with Gasteiger partial charge >= 0.3 is 6.18 Å². The first kappa shape index (κ1) is 28.7. The average Bonchev–Trinajstić information content (AvgIpc) is 3.41. The van der Waals surface area contributed by atoms with E-state index in [-0.39, 0.29) is 30.4 Å². The minimum absolute atomic E-state index is 0.0386. The standard InChI is InChI=1S/C30H25F3N8O3/c31-30(32,33)27-24(15-37-38-28(27)42)41-17-20-4-1-2-7-23(20)25(41)18-44-22-6-3-5-19(12-22)29(43)40-10-8-39(9-11-40)26-16-35-21(13-34)14-36-26/h1-7,12,14-16,25H,8-11,17-18H2,(H,38,42)/t25-/m0/s1. The molecule has 0 radical (unpaired) electrons. The third-order valence-corrected chi connectivity index (χ3v) is 7.69. The van der Waals surface area contributed by atoms with Gasteiger partial charge in [0.25, 0.3) is 11.5 Å². The fourth-order valence-corrected chi connectivity index (χ4v) is 5.54. The predicted molar refractivity (Wildman–Crippen MR) is 152 cm³/mol. The highest BCUT2D eigenvalue weighted by atomic mass is 19.4. The monoisotopic (exact) mass is 602 g/mol. The van der Waals surface area contributed by atoms with E-state index < -0.39 is 23.3 Å². The highest BCUT2D eigenvalue weighted by molar-refractivity contribution is 5.94. The van der Waals surface area contributed by atoms with Crippen LogP contribution in [0.25, 0.3) is 0 Å². The van der Waals surface area contributed by atoms with Crippen LogP contribution in [0.1, 0.15) is 38.8 Å². The maximum absolute atomic E-state index is 13.9. The van der Waals surface area contributed by atoms with Gasteiger partial charge in [0.15, 0.2) is 5.69 Å². The van der Waals surface area contributed by atoms with Gasteiger partial charge in [-0.15, -0.1) is 0 Å². The van der Waals surface area contributed by atoms with Crippen molar-refractivity contribution in [3.8, 4) is 11.8 Å². The van der Waals surface area contributed by atoms with E-state index in [2.05, 4.69) is 15.1 Å². The van der Waals surface area contributed by atoms with Crippen LogP contribution < -0.4 is 20.1 Å². The van der Waals surface area contributed by atoms with E-state index in [9.17, 15) is 22.8 Å². The summed E-state index contributed by atoms with van der Waals surface area (Å²) in [6.07, 6.45) is -0.928. The highest BCUT2D eigenvalue weighted by Gasteiger charge is 2.42. The second-order valence-electron chi connectivity index (χ2n) is 10.3. The number of carbonyl (C=O) groups excluding carboxylic acids is 1. The first-order chi connectivity index (χ1) is 21.2. The van der Waals surface area contributed by atoms with Crippen LogP contribution in [0.5, 0.6) is 5.75 Å². The Hall–Kier alpha value is -5.45. The number of ether oxygens (including phenoxy) is 1. The fraction of sp³-hybridized carbons (Fsp3) is 0.267. The highest BCUT2D eigenvalue weighted by Crippen LogP contribution is 2.42. The molecule has 2 aromatic carbocycles. The molecule has 4 aromatic rings. The average molecular weight is 603 g/mol. The molecule has 1 saturated heterocycles. The van der Waals surface area contributed by atoms with Crippen LogP contribution >= 0.6 is 0 Å². The molecule has 0 saturated carbocycles. The van der Waals surface area contributed by atoms with Crippen molar-refractivity contribution in [1.82, 2.24) is 25.1 Å². The summed E-state index contributed by atoms with van der Waals surface area (Å²) in [5.41, 5.74) is -0.737. The van der Waals surface area contributed by atoms with Gasteiger partial charge in [-0.25, -0.2) is 15.1 Å². The molecule has 1 N–H and O–H groups in total. The van der Waals surface area contributed by atoms with Crippen LogP contribution in [0.4, 0.5) is 24.7 Å². The molecule has 11 nitrogen and oxygen atoms in total. The summed E-state index contributed by atoms with van der Waals surface area (Å²) < 4.78 is 47.8. The zero-order valence-corrected chi connectivity index (χ0v) is 23.2. The lowest BCUT2D eigenvalue weighted by Gasteiger charge is -2.35. The van der Waals surface area contributed by atoms with Crippen molar-refractivity contribution in [3.05, 3.63) is 105 Å². The Morgan fingerprint density at radius 1 is 1.05 bits per heavy atom. The fourth-order valence-electron chi connectivity index (χ4n) is 5.54. The molecule has 4 heterocycles. The van der Waals surface area contributed by atoms with Crippen LogP contribution in [0.2, 0.25) is 0 Å². The lowest BCUT2D eigenvalue weighted by molar-refractivity contribution is -0.138. The molecule has 6 rings (SSSR count). The third-order valence-electron chi connectivity index (χ3n) is 7.69. The van der Waals surface area contributed by atoms with Gasteiger partial charge < -0.3 is 19.4 Å². The Balaban J connectivity index is 1.16. The number of piperazine rings is 1. The predicted octanol–water partition coefficient (Wildman–Crippen LogP) is 3.55. The van der Waals surface area contributed by atoms with Crippen molar-refractivity contribution in [1.29, 1.82) is 5.26 Å².